The summed E-state index contributed by atoms with van der Waals surface area (Å²) in [4.78, 5) is 29.0. The maximum absolute atomic E-state index is 15.0. The highest BCUT2D eigenvalue weighted by Crippen LogP contribution is 2.37. The van der Waals surface area contributed by atoms with Crippen LogP contribution in [0.1, 0.15) is 48.4 Å². The van der Waals surface area contributed by atoms with Gasteiger partial charge in [-0.3, -0.25) is 9.59 Å². The Balaban J connectivity index is 1.25. The molecule has 222 valence electrons. The van der Waals surface area contributed by atoms with Crippen LogP contribution in [0.15, 0.2) is 59.5 Å². The molecule has 4 aromatic rings. The van der Waals surface area contributed by atoms with E-state index in [1.54, 1.807) is 13.2 Å². The Bertz CT molecular complexity index is 1610. The number of rotatable bonds is 10. The number of hydrogen-bond acceptors (Lipinski definition) is 4. The van der Waals surface area contributed by atoms with Crippen molar-refractivity contribution in [3.8, 4) is 11.1 Å². The highest BCUT2D eigenvalue weighted by Gasteiger charge is 2.30. The molecule has 1 amide bonds. The zero-order valence-corrected chi connectivity index (χ0v) is 24.2. The van der Waals surface area contributed by atoms with Crippen molar-refractivity contribution in [2.75, 3.05) is 26.8 Å². The van der Waals surface area contributed by atoms with Gasteiger partial charge in [-0.05, 0) is 61.4 Å². The maximum atomic E-state index is 15.0. The number of aryl methyl sites for hydroxylation is 2. The molecule has 0 saturated carbocycles. The summed E-state index contributed by atoms with van der Waals surface area (Å²) in [5.41, 5.74) is 10.8. The van der Waals surface area contributed by atoms with Gasteiger partial charge in [0.05, 0.1) is 5.52 Å². The minimum atomic E-state index is -0.827. The number of para-hydroxylation sites is 1. The summed E-state index contributed by atoms with van der Waals surface area (Å²) in [5, 5.41) is 0.921. The third-order valence-corrected chi connectivity index (χ3v) is 8.31. The summed E-state index contributed by atoms with van der Waals surface area (Å²) >= 11 is 0. The van der Waals surface area contributed by atoms with Crippen molar-refractivity contribution < 1.29 is 18.3 Å². The van der Waals surface area contributed by atoms with Crippen LogP contribution < -0.4 is 11.3 Å². The fraction of sp³-hybridized carbons (Fsp3) is 0.394. The lowest BCUT2D eigenvalue weighted by Gasteiger charge is -2.34. The molecule has 3 heterocycles. The summed E-state index contributed by atoms with van der Waals surface area (Å²) in [6.45, 7) is 4.57. The lowest BCUT2D eigenvalue weighted by molar-refractivity contribution is -0.132. The lowest BCUT2D eigenvalue weighted by atomic mass is 9.91. The first-order chi connectivity index (χ1) is 20.3. The molecule has 2 aromatic heterocycles. The summed E-state index contributed by atoms with van der Waals surface area (Å²) in [6.07, 6.45) is 4.81. The highest BCUT2D eigenvalue weighted by atomic mass is 19.1. The summed E-state index contributed by atoms with van der Waals surface area (Å²) in [6, 6.07) is 13.6. The normalized spacial score (nSPS) is 16.2. The van der Waals surface area contributed by atoms with Gasteiger partial charge in [0.25, 0.3) is 5.56 Å². The number of methoxy groups -OCH3 is 1. The molecule has 0 aliphatic carbocycles. The third kappa shape index (κ3) is 6.32. The van der Waals surface area contributed by atoms with Crippen LogP contribution in [0.5, 0.6) is 0 Å². The molecule has 1 aliphatic heterocycles. The molecule has 42 heavy (non-hydrogen) atoms. The van der Waals surface area contributed by atoms with Crippen LogP contribution >= 0.6 is 0 Å². The van der Waals surface area contributed by atoms with Crippen LogP contribution in [-0.2, 0) is 22.5 Å². The van der Waals surface area contributed by atoms with E-state index < -0.39 is 11.4 Å². The number of piperidine rings is 1. The van der Waals surface area contributed by atoms with Crippen molar-refractivity contribution in [3.05, 3.63) is 93.5 Å². The molecule has 3 N–H and O–H groups in total. The second-order valence-electron chi connectivity index (χ2n) is 11.3. The van der Waals surface area contributed by atoms with Crippen molar-refractivity contribution in [2.45, 2.75) is 57.5 Å². The van der Waals surface area contributed by atoms with E-state index in [4.69, 9.17) is 10.5 Å². The number of fused-ring (bicyclic) bond motifs is 1. The SMILES string of the molecule is COCCCn1c(C2CCCN(C(=O)C[C@H](N)Cc3ccc(-c4c[nH]c(=O)c(F)c4)cc3)C2)c(C)c2cccc(F)c21. The monoisotopic (exact) mass is 576 g/mol. The van der Waals surface area contributed by atoms with Crippen LogP contribution in [-0.4, -0.2) is 53.2 Å². The van der Waals surface area contributed by atoms with E-state index in [9.17, 15) is 14.0 Å². The van der Waals surface area contributed by atoms with Gasteiger partial charge in [-0.15, -0.1) is 0 Å². The Labute approximate surface area is 244 Å². The highest BCUT2D eigenvalue weighted by molar-refractivity contribution is 5.86. The number of amides is 1. The second-order valence-corrected chi connectivity index (χ2v) is 11.3. The number of nitrogens with one attached hydrogen (secondary N) is 1. The van der Waals surface area contributed by atoms with Crippen LogP contribution in [0.25, 0.3) is 22.0 Å². The van der Waals surface area contributed by atoms with Gasteiger partial charge in [0.2, 0.25) is 5.91 Å². The first-order valence-corrected chi connectivity index (χ1v) is 14.5. The third-order valence-electron chi connectivity index (χ3n) is 8.31. The van der Waals surface area contributed by atoms with Gasteiger partial charge in [-0.1, -0.05) is 36.4 Å². The molecule has 2 atom stereocenters. The summed E-state index contributed by atoms with van der Waals surface area (Å²) < 4.78 is 36.1. The van der Waals surface area contributed by atoms with Crippen LogP contribution in [0, 0.1) is 18.6 Å². The fourth-order valence-electron chi connectivity index (χ4n) is 6.29. The number of ether oxygens (including phenoxy) is 1. The standard InChI is InChI=1S/C33H38F2N4O3/c1-21-27-7-3-8-28(34)32(27)39(14-5-15-42-2)31(21)24-6-4-13-38(20-24)30(40)18-26(36)16-22-9-11-23(12-10-22)25-17-29(35)33(41)37-19-25/h3,7-12,17,19,24,26H,4-6,13-16,18,20,36H2,1-2H3,(H,37,41)/t24?,26-/m1/s1. The molecular formula is C33H38F2N4O3. The topological polar surface area (TPSA) is 93.3 Å². The fourth-order valence-corrected chi connectivity index (χ4v) is 6.29. The number of hydrogen-bond donors (Lipinski definition) is 2. The van der Waals surface area contributed by atoms with E-state index in [1.807, 2.05) is 35.2 Å². The van der Waals surface area contributed by atoms with Gasteiger partial charge in [0.1, 0.15) is 5.82 Å². The number of likely N-dealkylation sites (tertiary alicyclic amines) is 1. The van der Waals surface area contributed by atoms with E-state index in [-0.39, 0.29) is 30.1 Å². The average molecular weight is 577 g/mol. The Morgan fingerprint density at radius 2 is 1.93 bits per heavy atom. The molecule has 2 aromatic carbocycles. The average Bonchev–Trinajstić information content (AvgIpc) is 3.27. The Hall–Kier alpha value is -3.82. The second kappa shape index (κ2) is 13.0. The van der Waals surface area contributed by atoms with Crippen LogP contribution in [0.3, 0.4) is 0 Å². The number of H-pyrrole nitrogens is 1. The largest absolute Gasteiger partial charge is 0.385 e. The van der Waals surface area contributed by atoms with Crippen molar-refractivity contribution in [1.29, 1.82) is 0 Å². The number of halogens is 2. The lowest BCUT2D eigenvalue weighted by Crippen LogP contribution is -2.42. The molecule has 0 radical (unpaired) electrons. The Morgan fingerprint density at radius 3 is 2.67 bits per heavy atom. The minimum Gasteiger partial charge on any atom is -0.385 e. The molecule has 9 heteroatoms. The molecule has 0 bridgehead atoms. The smallest absolute Gasteiger partial charge is 0.283 e. The van der Waals surface area contributed by atoms with E-state index >= 15 is 4.39 Å². The minimum absolute atomic E-state index is 0.0263. The zero-order valence-electron chi connectivity index (χ0n) is 24.2. The first kappa shape index (κ1) is 29.7. The van der Waals surface area contributed by atoms with E-state index in [0.29, 0.717) is 43.7 Å². The van der Waals surface area contributed by atoms with Crippen molar-refractivity contribution >= 4 is 16.8 Å². The molecule has 1 fully saturated rings. The number of benzene rings is 2. The first-order valence-electron chi connectivity index (χ1n) is 14.5. The summed E-state index contributed by atoms with van der Waals surface area (Å²) in [5.74, 6) is -0.920. The van der Waals surface area contributed by atoms with E-state index in [0.717, 1.165) is 47.0 Å². The zero-order chi connectivity index (χ0) is 29.8. The van der Waals surface area contributed by atoms with Crippen molar-refractivity contribution in [2.24, 2.45) is 5.73 Å². The predicted molar refractivity (Wildman–Crippen MR) is 160 cm³/mol. The predicted octanol–water partition coefficient (Wildman–Crippen LogP) is 5.29. The molecule has 0 spiro atoms. The summed E-state index contributed by atoms with van der Waals surface area (Å²) in [7, 11) is 1.67. The van der Waals surface area contributed by atoms with Crippen LogP contribution in [0.4, 0.5) is 8.78 Å². The quantitative estimate of drug-likeness (QED) is 0.251. The van der Waals surface area contributed by atoms with Gasteiger partial charge in [0, 0.05) is 74.6 Å². The number of nitrogens with two attached hydrogens (primary N) is 1. The van der Waals surface area contributed by atoms with E-state index in [2.05, 4.69) is 16.5 Å². The van der Waals surface area contributed by atoms with Gasteiger partial charge in [-0.25, -0.2) is 8.78 Å². The molecule has 1 unspecified atom stereocenters. The molecule has 7 nitrogen and oxygen atoms in total. The number of carbonyl (C=O) groups is 1. The van der Waals surface area contributed by atoms with Crippen molar-refractivity contribution in [1.82, 2.24) is 14.5 Å². The number of aromatic amines is 1. The van der Waals surface area contributed by atoms with E-state index in [1.165, 1.54) is 18.3 Å². The molecule has 1 aliphatic rings. The van der Waals surface area contributed by atoms with Gasteiger partial charge in [-0.2, -0.15) is 0 Å². The maximum Gasteiger partial charge on any atom is 0.283 e. The molecule has 1 saturated heterocycles. The number of pyridine rings is 1. The van der Waals surface area contributed by atoms with Crippen molar-refractivity contribution in [3.63, 3.8) is 0 Å². The molecule has 5 rings (SSSR count). The molecular weight excluding hydrogens is 538 g/mol. The Morgan fingerprint density at radius 1 is 1.14 bits per heavy atom. The van der Waals surface area contributed by atoms with Gasteiger partial charge < -0.3 is 24.9 Å². The number of aromatic nitrogens is 2. The van der Waals surface area contributed by atoms with Gasteiger partial charge >= 0.3 is 0 Å². The van der Waals surface area contributed by atoms with Gasteiger partial charge in [0.15, 0.2) is 5.82 Å². The Kier molecular flexibility index (Phi) is 9.18. The number of carbonyl (C=O) groups excluding carboxylic acids is 1. The number of nitrogens with zero attached hydrogens (tertiary/aromatic N) is 2. The van der Waals surface area contributed by atoms with Crippen LogP contribution in [0.2, 0.25) is 0 Å².